The molecular formula is C13H13FN2O3. The summed E-state index contributed by atoms with van der Waals surface area (Å²) >= 11 is 0. The average Bonchev–Trinajstić information content (AvgIpc) is 2.84. The molecule has 0 radical (unpaired) electrons. The molecule has 0 fully saturated rings. The van der Waals surface area contributed by atoms with Gasteiger partial charge in [0.15, 0.2) is 11.6 Å². The Labute approximate surface area is 109 Å². The van der Waals surface area contributed by atoms with E-state index in [0.29, 0.717) is 0 Å². The molecule has 0 bridgehead atoms. The van der Waals surface area contributed by atoms with Crippen molar-refractivity contribution in [2.24, 2.45) is 0 Å². The maximum atomic E-state index is 13.6. The fraction of sp³-hybridized carbons (Fsp3) is 0.231. The number of aromatic carboxylic acids is 1. The van der Waals surface area contributed by atoms with E-state index < -0.39 is 11.8 Å². The molecule has 0 aliphatic rings. The number of nitrogens with zero attached hydrogens (tertiary/aromatic N) is 2. The number of aromatic nitrogens is 2. The van der Waals surface area contributed by atoms with Gasteiger partial charge in [-0.2, -0.15) is 0 Å². The Morgan fingerprint density at radius 1 is 1.53 bits per heavy atom. The highest BCUT2D eigenvalue weighted by Gasteiger charge is 2.10. The highest BCUT2D eigenvalue weighted by atomic mass is 19.1. The first kappa shape index (κ1) is 13.1. The molecule has 0 atom stereocenters. The number of carbonyl (C=O) groups is 1. The molecule has 0 unspecified atom stereocenters. The van der Waals surface area contributed by atoms with E-state index in [-0.39, 0.29) is 17.9 Å². The van der Waals surface area contributed by atoms with E-state index in [4.69, 9.17) is 9.84 Å². The summed E-state index contributed by atoms with van der Waals surface area (Å²) in [5.74, 6) is -1.84. The Kier molecular flexibility index (Phi) is 3.79. The van der Waals surface area contributed by atoms with Gasteiger partial charge in [0.1, 0.15) is 6.61 Å². The lowest BCUT2D eigenvalue weighted by molar-refractivity contribution is 0.0696. The molecule has 5 nitrogen and oxygen atoms in total. The molecule has 100 valence electrons. The number of hydrogen-bond donors (Lipinski definition) is 1. The van der Waals surface area contributed by atoms with Crippen LogP contribution in [0.3, 0.4) is 0 Å². The van der Waals surface area contributed by atoms with Crippen LogP contribution in [0.4, 0.5) is 4.39 Å². The second-order valence-corrected chi connectivity index (χ2v) is 3.91. The molecule has 6 heteroatoms. The van der Waals surface area contributed by atoms with Gasteiger partial charge in [-0.15, -0.1) is 0 Å². The average molecular weight is 264 g/mol. The molecule has 2 rings (SSSR count). The number of ether oxygens (including phenoxy) is 1. The van der Waals surface area contributed by atoms with Gasteiger partial charge in [-0.05, 0) is 25.1 Å². The van der Waals surface area contributed by atoms with Crippen LogP contribution in [0, 0.1) is 5.82 Å². The molecule has 2 aromatic rings. The molecule has 1 aromatic carbocycles. The number of carboxylic acids is 1. The molecule has 0 saturated carbocycles. The van der Waals surface area contributed by atoms with Gasteiger partial charge >= 0.3 is 5.97 Å². The molecule has 19 heavy (non-hydrogen) atoms. The quantitative estimate of drug-likeness (QED) is 0.900. The summed E-state index contributed by atoms with van der Waals surface area (Å²) in [7, 11) is 0. The van der Waals surface area contributed by atoms with Gasteiger partial charge in [0, 0.05) is 6.54 Å². The van der Waals surface area contributed by atoms with E-state index in [1.165, 1.54) is 12.1 Å². The van der Waals surface area contributed by atoms with Crippen molar-refractivity contribution in [3.05, 3.63) is 47.8 Å². The van der Waals surface area contributed by atoms with Crippen molar-refractivity contribution in [1.29, 1.82) is 0 Å². The summed E-state index contributed by atoms with van der Waals surface area (Å²) in [6.07, 6.45) is 3.32. The first-order chi connectivity index (χ1) is 9.11. The van der Waals surface area contributed by atoms with E-state index in [2.05, 4.69) is 4.98 Å². The maximum Gasteiger partial charge on any atom is 0.335 e. The highest BCUT2D eigenvalue weighted by Crippen LogP contribution is 2.19. The van der Waals surface area contributed by atoms with Crippen LogP contribution in [0.15, 0.2) is 30.7 Å². The molecule has 0 saturated heterocycles. The Balaban J connectivity index is 2.10. The minimum atomic E-state index is -1.17. The third-order valence-corrected chi connectivity index (χ3v) is 2.69. The first-order valence-electron chi connectivity index (χ1n) is 5.76. The van der Waals surface area contributed by atoms with E-state index in [0.717, 1.165) is 18.3 Å². The monoisotopic (exact) mass is 264 g/mol. The van der Waals surface area contributed by atoms with Gasteiger partial charge < -0.3 is 14.4 Å². The van der Waals surface area contributed by atoms with Crippen LogP contribution in [-0.2, 0) is 13.2 Å². The van der Waals surface area contributed by atoms with Gasteiger partial charge in [0.2, 0.25) is 0 Å². The summed E-state index contributed by atoms with van der Waals surface area (Å²) < 4.78 is 20.8. The van der Waals surface area contributed by atoms with E-state index in [1.807, 2.05) is 11.5 Å². The number of benzene rings is 1. The SMILES string of the molecule is CCn1cncc1COc1ccc(C(=O)O)cc1F. The molecule has 0 aliphatic carbocycles. The van der Waals surface area contributed by atoms with Gasteiger partial charge in [0.25, 0.3) is 0 Å². The summed E-state index contributed by atoms with van der Waals surface area (Å²) in [6, 6.07) is 3.55. The van der Waals surface area contributed by atoms with Crippen molar-refractivity contribution in [3.8, 4) is 5.75 Å². The number of carboxylic acid groups (broad SMARTS) is 1. The number of aryl methyl sites for hydroxylation is 1. The maximum absolute atomic E-state index is 13.6. The Morgan fingerprint density at radius 2 is 2.32 bits per heavy atom. The minimum Gasteiger partial charge on any atom is -0.484 e. The minimum absolute atomic E-state index is 0.0221. The predicted octanol–water partition coefficient (Wildman–Crippen LogP) is 2.32. The van der Waals surface area contributed by atoms with Gasteiger partial charge in [-0.3, -0.25) is 0 Å². The van der Waals surface area contributed by atoms with Crippen LogP contribution in [0.1, 0.15) is 23.0 Å². The number of halogens is 1. The standard InChI is InChI=1S/C13H13FN2O3/c1-2-16-8-15-6-10(16)7-19-12-4-3-9(13(17)18)5-11(12)14/h3-6,8H,2,7H2,1H3,(H,17,18). The lowest BCUT2D eigenvalue weighted by Crippen LogP contribution is -2.05. The number of rotatable bonds is 5. The fourth-order valence-electron chi connectivity index (χ4n) is 1.66. The van der Waals surface area contributed by atoms with Crippen LogP contribution in [-0.4, -0.2) is 20.6 Å². The fourth-order valence-corrected chi connectivity index (χ4v) is 1.66. The zero-order chi connectivity index (χ0) is 13.8. The van der Waals surface area contributed by atoms with Crippen LogP contribution in [0.25, 0.3) is 0 Å². The van der Waals surface area contributed by atoms with Gasteiger partial charge in [0.05, 0.1) is 23.8 Å². The van der Waals surface area contributed by atoms with Crippen molar-refractivity contribution >= 4 is 5.97 Å². The molecule has 1 aromatic heterocycles. The van der Waals surface area contributed by atoms with Crippen LogP contribution >= 0.6 is 0 Å². The van der Waals surface area contributed by atoms with E-state index in [9.17, 15) is 9.18 Å². The van der Waals surface area contributed by atoms with Crippen molar-refractivity contribution in [3.63, 3.8) is 0 Å². The first-order valence-corrected chi connectivity index (χ1v) is 5.76. The molecule has 0 spiro atoms. The van der Waals surface area contributed by atoms with Crippen LogP contribution in [0.5, 0.6) is 5.75 Å². The Bertz CT molecular complexity index is 595. The lowest BCUT2D eigenvalue weighted by Gasteiger charge is -2.09. The molecule has 0 amide bonds. The third-order valence-electron chi connectivity index (χ3n) is 2.69. The third kappa shape index (κ3) is 2.90. The summed E-state index contributed by atoms with van der Waals surface area (Å²) in [5, 5.41) is 8.73. The molecule has 1 N–H and O–H groups in total. The van der Waals surface area contributed by atoms with Crippen molar-refractivity contribution < 1.29 is 19.0 Å². The van der Waals surface area contributed by atoms with Crippen LogP contribution < -0.4 is 4.74 Å². The van der Waals surface area contributed by atoms with Crippen molar-refractivity contribution in [1.82, 2.24) is 9.55 Å². The van der Waals surface area contributed by atoms with E-state index >= 15 is 0 Å². The largest absolute Gasteiger partial charge is 0.484 e. The molecule has 1 heterocycles. The topological polar surface area (TPSA) is 64.4 Å². The second-order valence-electron chi connectivity index (χ2n) is 3.91. The number of hydrogen-bond acceptors (Lipinski definition) is 3. The highest BCUT2D eigenvalue weighted by molar-refractivity contribution is 5.87. The van der Waals surface area contributed by atoms with E-state index in [1.54, 1.807) is 12.5 Å². The molecule has 0 aliphatic heterocycles. The van der Waals surface area contributed by atoms with Crippen molar-refractivity contribution in [2.45, 2.75) is 20.1 Å². The van der Waals surface area contributed by atoms with Crippen LogP contribution in [0.2, 0.25) is 0 Å². The zero-order valence-corrected chi connectivity index (χ0v) is 10.3. The number of imidazole rings is 1. The second kappa shape index (κ2) is 5.51. The normalized spacial score (nSPS) is 10.4. The smallest absolute Gasteiger partial charge is 0.335 e. The van der Waals surface area contributed by atoms with Crippen molar-refractivity contribution in [2.75, 3.05) is 0 Å². The van der Waals surface area contributed by atoms with Gasteiger partial charge in [-0.25, -0.2) is 14.2 Å². The lowest BCUT2D eigenvalue weighted by atomic mass is 10.2. The Morgan fingerprint density at radius 3 is 2.95 bits per heavy atom. The summed E-state index contributed by atoms with van der Waals surface area (Å²) in [6.45, 7) is 2.89. The molecular weight excluding hydrogens is 251 g/mol. The summed E-state index contributed by atoms with van der Waals surface area (Å²) in [5.41, 5.74) is 0.715. The Hall–Kier alpha value is -2.37. The van der Waals surface area contributed by atoms with Gasteiger partial charge in [-0.1, -0.05) is 0 Å². The zero-order valence-electron chi connectivity index (χ0n) is 10.3. The summed E-state index contributed by atoms with van der Waals surface area (Å²) in [4.78, 5) is 14.6. The predicted molar refractivity (Wildman–Crippen MR) is 65.6 cm³/mol.